The second-order valence-electron chi connectivity index (χ2n) is 7.05. The minimum Gasteiger partial charge on any atom is -0.366 e. The molecule has 0 unspecified atom stereocenters. The largest absolute Gasteiger partial charge is 0.366 e. The minimum atomic E-state index is -0.489. The van der Waals surface area contributed by atoms with Crippen LogP contribution in [0.3, 0.4) is 0 Å². The van der Waals surface area contributed by atoms with Crippen molar-refractivity contribution in [3.05, 3.63) is 63.7 Å². The first-order valence-electron chi connectivity index (χ1n) is 9.21. The maximum absolute atomic E-state index is 11.7. The normalized spacial score (nSPS) is 13.7. The van der Waals surface area contributed by atoms with Gasteiger partial charge in [0.05, 0.1) is 29.5 Å². The molecule has 0 bridgehead atoms. The van der Waals surface area contributed by atoms with E-state index in [-0.39, 0.29) is 0 Å². The van der Waals surface area contributed by atoms with Gasteiger partial charge in [-0.2, -0.15) is 0 Å². The van der Waals surface area contributed by atoms with Crippen molar-refractivity contribution in [1.29, 1.82) is 0 Å². The lowest BCUT2D eigenvalue weighted by atomic mass is 10.2. The molecular weight excluding hydrogens is 386 g/mol. The molecule has 4 aromatic heterocycles. The van der Waals surface area contributed by atoms with Crippen molar-refractivity contribution in [3.8, 4) is 11.6 Å². The lowest BCUT2D eigenvalue weighted by Crippen LogP contribution is -2.12. The van der Waals surface area contributed by atoms with Crippen LogP contribution in [0.4, 0.5) is 5.82 Å². The number of rotatable bonds is 5. The number of anilines is 1. The monoisotopic (exact) mass is 405 g/mol. The Morgan fingerprint density at radius 3 is 2.97 bits per heavy atom. The zero-order valence-electron chi connectivity index (χ0n) is 15.8. The number of primary amides is 1. The smallest absolute Gasteiger partial charge is 0.250 e. The third-order valence-corrected chi connectivity index (χ3v) is 5.86. The third kappa shape index (κ3) is 3.14. The Bertz CT molecular complexity index is 1220. The van der Waals surface area contributed by atoms with Crippen LogP contribution in [0.15, 0.2) is 42.0 Å². The molecule has 3 N–H and O–H groups in total. The number of carbonyl (C=O) groups is 1. The predicted molar refractivity (Wildman–Crippen MR) is 112 cm³/mol. The molecule has 4 aromatic rings. The van der Waals surface area contributed by atoms with Gasteiger partial charge in [-0.05, 0) is 30.6 Å². The van der Waals surface area contributed by atoms with Gasteiger partial charge in [-0.1, -0.05) is 6.07 Å². The Hall–Kier alpha value is -3.30. The number of aromatic nitrogens is 4. The van der Waals surface area contributed by atoms with E-state index in [0.29, 0.717) is 29.3 Å². The SMILES string of the molecule is CN1Cc2nc(-c3ncc4c(C(N)=O)cccn34)nc(NCc3cccs3)c2C1. The molecule has 0 fully saturated rings. The van der Waals surface area contributed by atoms with Crippen LogP contribution in [0, 0.1) is 0 Å². The van der Waals surface area contributed by atoms with Crippen LogP contribution in [0.2, 0.25) is 0 Å². The molecule has 0 saturated heterocycles. The minimum absolute atomic E-state index is 0.420. The molecule has 0 radical (unpaired) electrons. The van der Waals surface area contributed by atoms with Crippen LogP contribution in [0.5, 0.6) is 0 Å². The van der Waals surface area contributed by atoms with Crippen molar-refractivity contribution in [3.63, 3.8) is 0 Å². The number of nitrogens with zero attached hydrogens (tertiary/aromatic N) is 5. The fourth-order valence-electron chi connectivity index (χ4n) is 3.63. The number of nitrogens with one attached hydrogen (secondary N) is 1. The second kappa shape index (κ2) is 6.94. The molecule has 146 valence electrons. The number of amides is 1. The summed E-state index contributed by atoms with van der Waals surface area (Å²) < 4.78 is 1.81. The summed E-state index contributed by atoms with van der Waals surface area (Å²) in [6.45, 7) is 2.27. The highest BCUT2D eigenvalue weighted by molar-refractivity contribution is 7.09. The van der Waals surface area contributed by atoms with Crippen LogP contribution >= 0.6 is 11.3 Å². The van der Waals surface area contributed by atoms with Crippen LogP contribution in [0.1, 0.15) is 26.5 Å². The van der Waals surface area contributed by atoms with Gasteiger partial charge in [0.2, 0.25) is 0 Å². The molecule has 8 nitrogen and oxygen atoms in total. The quantitative estimate of drug-likeness (QED) is 0.529. The Kier molecular flexibility index (Phi) is 4.26. The average Bonchev–Trinajstić information content (AvgIpc) is 3.44. The van der Waals surface area contributed by atoms with Crippen molar-refractivity contribution in [2.75, 3.05) is 12.4 Å². The van der Waals surface area contributed by atoms with Gasteiger partial charge < -0.3 is 11.1 Å². The summed E-state index contributed by atoms with van der Waals surface area (Å²) in [7, 11) is 2.06. The van der Waals surface area contributed by atoms with Crippen LogP contribution in [-0.4, -0.2) is 37.2 Å². The standard InChI is InChI=1S/C20H19N7OS/c1-26-10-14-15(11-26)24-19(25-18(14)22-8-12-4-3-7-29-12)20-23-9-16-13(17(21)28)5-2-6-27(16)20/h2-7,9H,8,10-11H2,1H3,(H2,21,28)(H,22,24,25). The lowest BCUT2D eigenvalue weighted by Gasteiger charge is -2.11. The summed E-state index contributed by atoms with van der Waals surface area (Å²) in [5, 5.41) is 5.53. The highest BCUT2D eigenvalue weighted by atomic mass is 32.1. The van der Waals surface area contributed by atoms with Gasteiger partial charge >= 0.3 is 0 Å². The molecule has 5 rings (SSSR count). The van der Waals surface area contributed by atoms with Crippen molar-refractivity contribution >= 4 is 28.6 Å². The molecule has 0 aliphatic carbocycles. The molecular formula is C20H19N7OS. The molecule has 0 saturated carbocycles. The molecule has 1 aliphatic rings. The predicted octanol–water partition coefficient (Wildman–Crippen LogP) is 2.51. The van der Waals surface area contributed by atoms with E-state index in [0.717, 1.165) is 30.2 Å². The van der Waals surface area contributed by atoms with Gasteiger partial charge in [-0.3, -0.25) is 14.1 Å². The zero-order chi connectivity index (χ0) is 20.0. The highest BCUT2D eigenvalue weighted by Crippen LogP contribution is 2.29. The first kappa shape index (κ1) is 17.8. The van der Waals surface area contributed by atoms with E-state index < -0.39 is 5.91 Å². The van der Waals surface area contributed by atoms with Gasteiger partial charge in [0.15, 0.2) is 11.6 Å². The summed E-state index contributed by atoms with van der Waals surface area (Å²) in [6, 6.07) is 7.60. The van der Waals surface area contributed by atoms with E-state index >= 15 is 0 Å². The van der Waals surface area contributed by atoms with E-state index in [2.05, 4.69) is 33.7 Å². The number of carbonyl (C=O) groups excluding carboxylic acids is 1. The van der Waals surface area contributed by atoms with Crippen molar-refractivity contribution < 1.29 is 4.79 Å². The molecule has 5 heterocycles. The zero-order valence-corrected chi connectivity index (χ0v) is 16.6. The maximum Gasteiger partial charge on any atom is 0.250 e. The summed E-state index contributed by atoms with van der Waals surface area (Å²) in [5.74, 6) is 1.44. The molecule has 0 spiro atoms. The van der Waals surface area contributed by atoms with E-state index in [1.54, 1.807) is 29.7 Å². The topological polar surface area (TPSA) is 101 Å². The van der Waals surface area contributed by atoms with Crippen molar-refractivity contribution in [2.24, 2.45) is 5.73 Å². The fraction of sp³-hybridized carbons (Fsp3) is 0.200. The second-order valence-corrected chi connectivity index (χ2v) is 8.08. The summed E-state index contributed by atoms with van der Waals surface area (Å²) in [5.41, 5.74) is 8.68. The van der Waals surface area contributed by atoms with E-state index in [4.69, 9.17) is 15.7 Å². The van der Waals surface area contributed by atoms with Crippen LogP contribution < -0.4 is 11.1 Å². The fourth-order valence-corrected chi connectivity index (χ4v) is 4.28. The Balaban J connectivity index is 1.60. The van der Waals surface area contributed by atoms with E-state index in [9.17, 15) is 4.79 Å². The van der Waals surface area contributed by atoms with Crippen molar-refractivity contribution in [2.45, 2.75) is 19.6 Å². The van der Waals surface area contributed by atoms with E-state index in [1.807, 2.05) is 16.7 Å². The number of pyridine rings is 1. The molecule has 9 heteroatoms. The Morgan fingerprint density at radius 1 is 1.28 bits per heavy atom. The van der Waals surface area contributed by atoms with E-state index in [1.165, 1.54) is 4.88 Å². The number of imidazole rings is 1. The maximum atomic E-state index is 11.7. The molecule has 29 heavy (non-hydrogen) atoms. The lowest BCUT2D eigenvalue weighted by molar-refractivity contribution is 0.100. The first-order valence-corrected chi connectivity index (χ1v) is 10.1. The molecule has 0 atom stereocenters. The summed E-state index contributed by atoms with van der Waals surface area (Å²) in [4.78, 5) is 29.3. The van der Waals surface area contributed by atoms with Crippen LogP contribution in [0.25, 0.3) is 17.2 Å². The summed E-state index contributed by atoms with van der Waals surface area (Å²) >= 11 is 1.71. The number of fused-ring (bicyclic) bond motifs is 2. The Morgan fingerprint density at radius 2 is 2.17 bits per heavy atom. The van der Waals surface area contributed by atoms with Crippen LogP contribution in [-0.2, 0) is 19.6 Å². The van der Waals surface area contributed by atoms with Gasteiger partial charge in [0.1, 0.15) is 5.82 Å². The average molecular weight is 405 g/mol. The number of hydrogen-bond donors (Lipinski definition) is 2. The van der Waals surface area contributed by atoms with Gasteiger partial charge in [-0.25, -0.2) is 15.0 Å². The highest BCUT2D eigenvalue weighted by Gasteiger charge is 2.25. The number of hydrogen-bond acceptors (Lipinski definition) is 7. The summed E-state index contributed by atoms with van der Waals surface area (Å²) in [6.07, 6.45) is 3.47. The molecule has 0 aromatic carbocycles. The number of nitrogens with two attached hydrogens (primary N) is 1. The first-order chi connectivity index (χ1) is 14.1. The van der Waals surface area contributed by atoms with Gasteiger partial charge in [-0.15, -0.1) is 11.3 Å². The number of thiophene rings is 1. The Labute approximate surface area is 171 Å². The molecule has 1 amide bonds. The third-order valence-electron chi connectivity index (χ3n) is 4.99. The van der Waals surface area contributed by atoms with Gasteiger partial charge in [0.25, 0.3) is 5.91 Å². The van der Waals surface area contributed by atoms with Gasteiger partial charge in [0, 0.05) is 29.7 Å². The molecule has 1 aliphatic heterocycles. The van der Waals surface area contributed by atoms with Crippen molar-refractivity contribution in [1.82, 2.24) is 24.3 Å².